The number of ether oxygens (including phenoxy) is 2. The van der Waals surface area contributed by atoms with Crippen LogP contribution in [0.1, 0.15) is 26.3 Å². The van der Waals surface area contributed by atoms with Gasteiger partial charge in [0.2, 0.25) is 0 Å². The van der Waals surface area contributed by atoms with Crippen LogP contribution in [0.15, 0.2) is 84.9 Å². The molecule has 3 rings (SSSR count). The van der Waals surface area contributed by atoms with E-state index in [-0.39, 0.29) is 5.78 Å². The minimum atomic E-state index is -0.444. The van der Waals surface area contributed by atoms with Gasteiger partial charge < -0.3 is 9.47 Å². The van der Waals surface area contributed by atoms with E-state index >= 15 is 0 Å². The van der Waals surface area contributed by atoms with E-state index in [1.165, 1.54) is 6.08 Å². The van der Waals surface area contributed by atoms with Crippen molar-refractivity contribution in [1.29, 1.82) is 0 Å². The van der Waals surface area contributed by atoms with Gasteiger partial charge in [0.05, 0.1) is 12.7 Å². The summed E-state index contributed by atoms with van der Waals surface area (Å²) >= 11 is 0. The van der Waals surface area contributed by atoms with Crippen LogP contribution >= 0.6 is 0 Å². The molecule has 0 aliphatic rings. The van der Waals surface area contributed by atoms with Crippen LogP contribution in [0, 0.1) is 0 Å². The van der Waals surface area contributed by atoms with Crippen molar-refractivity contribution in [2.75, 3.05) is 7.11 Å². The fraction of sp³-hybridized carbons (Fsp3) is 0.0435. The van der Waals surface area contributed by atoms with E-state index < -0.39 is 5.97 Å². The largest absolute Gasteiger partial charge is 0.497 e. The number of carbonyl (C=O) groups excluding carboxylic acids is 2. The van der Waals surface area contributed by atoms with Crippen LogP contribution in [-0.4, -0.2) is 18.9 Å². The highest BCUT2D eigenvalue weighted by molar-refractivity contribution is 6.06. The van der Waals surface area contributed by atoms with Crippen molar-refractivity contribution in [2.45, 2.75) is 0 Å². The normalized spacial score (nSPS) is 10.6. The lowest BCUT2D eigenvalue weighted by Gasteiger charge is -2.05. The Morgan fingerprint density at radius 1 is 0.741 bits per heavy atom. The van der Waals surface area contributed by atoms with E-state index in [4.69, 9.17) is 9.47 Å². The van der Waals surface area contributed by atoms with Gasteiger partial charge in [0.15, 0.2) is 5.78 Å². The molecule has 0 N–H and O–H groups in total. The summed E-state index contributed by atoms with van der Waals surface area (Å²) in [6.07, 6.45) is 3.25. The van der Waals surface area contributed by atoms with E-state index in [1.54, 1.807) is 73.8 Å². The molecule has 4 heteroatoms. The number of benzene rings is 3. The van der Waals surface area contributed by atoms with Crippen LogP contribution in [0.3, 0.4) is 0 Å². The maximum Gasteiger partial charge on any atom is 0.343 e. The average molecular weight is 358 g/mol. The van der Waals surface area contributed by atoms with Gasteiger partial charge in [-0.15, -0.1) is 0 Å². The molecule has 3 aromatic rings. The predicted molar refractivity (Wildman–Crippen MR) is 104 cm³/mol. The second-order valence-corrected chi connectivity index (χ2v) is 5.75. The Morgan fingerprint density at radius 2 is 1.37 bits per heavy atom. The molecule has 0 radical (unpaired) electrons. The van der Waals surface area contributed by atoms with Crippen molar-refractivity contribution < 1.29 is 19.1 Å². The molecule has 0 saturated heterocycles. The Kier molecular flexibility index (Phi) is 5.80. The fourth-order valence-electron chi connectivity index (χ4n) is 2.41. The number of esters is 1. The minimum Gasteiger partial charge on any atom is -0.497 e. The second-order valence-electron chi connectivity index (χ2n) is 5.75. The first-order valence-electron chi connectivity index (χ1n) is 8.39. The van der Waals surface area contributed by atoms with Crippen molar-refractivity contribution in [3.05, 3.63) is 102 Å². The number of ketones is 1. The van der Waals surface area contributed by atoms with E-state index in [0.29, 0.717) is 22.6 Å². The number of hydrogen-bond acceptors (Lipinski definition) is 4. The van der Waals surface area contributed by atoms with E-state index in [0.717, 1.165) is 5.56 Å². The monoisotopic (exact) mass is 358 g/mol. The zero-order chi connectivity index (χ0) is 19.1. The molecule has 0 aliphatic carbocycles. The number of methoxy groups -OCH3 is 1. The van der Waals surface area contributed by atoms with E-state index in [1.807, 2.05) is 18.2 Å². The third kappa shape index (κ3) is 4.92. The van der Waals surface area contributed by atoms with Crippen molar-refractivity contribution in [3.8, 4) is 11.5 Å². The Balaban J connectivity index is 1.62. The molecule has 27 heavy (non-hydrogen) atoms. The molecule has 134 valence electrons. The van der Waals surface area contributed by atoms with Crippen LogP contribution in [0.2, 0.25) is 0 Å². The minimum absolute atomic E-state index is 0.0642. The van der Waals surface area contributed by atoms with Gasteiger partial charge in [0.25, 0.3) is 0 Å². The van der Waals surface area contributed by atoms with Crippen LogP contribution in [-0.2, 0) is 0 Å². The molecule has 0 fully saturated rings. The molecule has 0 heterocycles. The highest BCUT2D eigenvalue weighted by Crippen LogP contribution is 2.17. The molecule has 4 nitrogen and oxygen atoms in total. The van der Waals surface area contributed by atoms with Gasteiger partial charge in [0, 0.05) is 5.56 Å². The summed E-state index contributed by atoms with van der Waals surface area (Å²) in [7, 11) is 1.57. The van der Waals surface area contributed by atoms with Gasteiger partial charge in [0.1, 0.15) is 11.5 Å². The summed E-state index contributed by atoms with van der Waals surface area (Å²) in [4.78, 5) is 24.2. The first-order valence-corrected chi connectivity index (χ1v) is 8.39. The maximum absolute atomic E-state index is 12.1. The molecule has 0 saturated carbocycles. The lowest BCUT2D eigenvalue weighted by atomic mass is 10.1. The first-order chi connectivity index (χ1) is 13.2. The van der Waals surface area contributed by atoms with Crippen LogP contribution in [0.25, 0.3) is 6.08 Å². The summed E-state index contributed by atoms with van der Waals surface area (Å²) in [5.41, 5.74) is 1.91. The van der Waals surface area contributed by atoms with E-state index in [9.17, 15) is 9.59 Å². The number of hydrogen-bond donors (Lipinski definition) is 0. The first kappa shape index (κ1) is 18.1. The van der Waals surface area contributed by atoms with Gasteiger partial charge in [-0.2, -0.15) is 0 Å². The van der Waals surface area contributed by atoms with Crippen molar-refractivity contribution in [3.63, 3.8) is 0 Å². The van der Waals surface area contributed by atoms with Crippen molar-refractivity contribution in [2.24, 2.45) is 0 Å². The summed E-state index contributed by atoms with van der Waals surface area (Å²) < 4.78 is 10.4. The summed E-state index contributed by atoms with van der Waals surface area (Å²) in [5, 5.41) is 0. The molecule has 3 aromatic carbocycles. The Bertz CT molecular complexity index is 940. The third-order valence-corrected chi connectivity index (χ3v) is 3.90. The van der Waals surface area contributed by atoms with E-state index in [2.05, 4.69) is 0 Å². The zero-order valence-corrected chi connectivity index (χ0v) is 14.8. The van der Waals surface area contributed by atoms with Gasteiger partial charge in [-0.1, -0.05) is 48.5 Å². The van der Waals surface area contributed by atoms with Crippen LogP contribution in [0.4, 0.5) is 0 Å². The molecule has 0 spiro atoms. The molecule has 0 aromatic heterocycles. The number of rotatable bonds is 6. The van der Waals surface area contributed by atoms with Crippen molar-refractivity contribution >= 4 is 17.8 Å². The highest BCUT2D eigenvalue weighted by Gasteiger charge is 2.08. The topological polar surface area (TPSA) is 52.6 Å². The standard InChI is InChI=1S/C23H18O4/c1-26-20-14-10-19(11-15-20)23(25)27-21-12-7-17(8-13-21)9-16-22(24)18-5-3-2-4-6-18/h2-16H,1H3/b16-9-. The maximum atomic E-state index is 12.1. The SMILES string of the molecule is COc1ccc(C(=O)Oc2ccc(/C=C\C(=O)c3ccccc3)cc2)cc1. The highest BCUT2D eigenvalue weighted by atomic mass is 16.5. The lowest BCUT2D eigenvalue weighted by Crippen LogP contribution is -2.08. The number of allylic oxidation sites excluding steroid dienone is 1. The van der Waals surface area contributed by atoms with Crippen LogP contribution in [0.5, 0.6) is 11.5 Å². The van der Waals surface area contributed by atoms with Gasteiger partial charge in [-0.25, -0.2) is 4.79 Å². The molecule has 0 bridgehead atoms. The molecule has 0 atom stereocenters. The van der Waals surface area contributed by atoms with Crippen LogP contribution < -0.4 is 9.47 Å². The second kappa shape index (κ2) is 8.63. The fourth-order valence-corrected chi connectivity index (χ4v) is 2.41. The smallest absolute Gasteiger partial charge is 0.343 e. The average Bonchev–Trinajstić information content (AvgIpc) is 2.73. The number of carbonyl (C=O) groups is 2. The lowest BCUT2D eigenvalue weighted by molar-refractivity contribution is 0.0734. The molecule has 0 unspecified atom stereocenters. The molecular formula is C23H18O4. The summed E-state index contributed by atoms with van der Waals surface area (Å²) in [5.74, 6) is 0.598. The summed E-state index contributed by atoms with van der Waals surface area (Å²) in [6, 6.07) is 22.7. The quantitative estimate of drug-likeness (QED) is 0.275. The predicted octanol–water partition coefficient (Wildman–Crippen LogP) is 4.81. The van der Waals surface area contributed by atoms with Gasteiger partial charge in [-0.05, 0) is 48.0 Å². The third-order valence-electron chi connectivity index (χ3n) is 3.90. The Labute approximate surface area is 157 Å². The summed E-state index contributed by atoms with van der Waals surface area (Å²) in [6.45, 7) is 0. The molecule has 0 amide bonds. The van der Waals surface area contributed by atoms with Crippen molar-refractivity contribution in [1.82, 2.24) is 0 Å². The van der Waals surface area contributed by atoms with Gasteiger partial charge in [-0.3, -0.25) is 4.79 Å². The Hall–Kier alpha value is -3.66. The zero-order valence-electron chi connectivity index (χ0n) is 14.8. The molecular weight excluding hydrogens is 340 g/mol. The molecule has 0 aliphatic heterocycles. The van der Waals surface area contributed by atoms with Gasteiger partial charge >= 0.3 is 5.97 Å². The Morgan fingerprint density at radius 3 is 2.00 bits per heavy atom.